The van der Waals surface area contributed by atoms with Gasteiger partial charge in [0.25, 0.3) is 0 Å². The number of aromatic nitrogens is 2. The lowest BCUT2D eigenvalue weighted by molar-refractivity contribution is 0.410. The van der Waals surface area contributed by atoms with E-state index in [-0.39, 0.29) is 0 Å². The molecule has 19 heavy (non-hydrogen) atoms. The van der Waals surface area contributed by atoms with Crippen molar-refractivity contribution in [2.24, 2.45) is 5.84 Å². The second kappa shape index (κ2) is 6.55. The molecule has 0 unspecified atom stereocenters. The molecule has 0 amide bonds. The highest BCUT2D eigenvalue weighted by molar-refractivity contribution is 5.40. The molecule has 0 saturated carbocycles. The normalized spacial score (nSPS) is 10.0. The molecular formula is C13H17N5O. The molecule has 0 aliphatic rings. The number of benzene rings is 1. The van der Waals surface area contributed by atoms with Gasteiger partial charge in [0, 0.05) is 12.7 Å². The van der Waals surface area contributed by atoms with E-state index in [1.165, 1.54) is 0 Å². The van der Waals surface area contributed by atoms with E-state index in [0.717, 1.165) is 30.1 Å². The second-order valence-corrected chi connectivity index (χ2v) is 3.90. The van der Waals surface area contributed by atoms with Crippen LogP contribution in [0.2, 0.25) is 0 Å². The Balaban J connectivity index is 1.92. The lowest BCUT2D eigenvalue weighted by Crippen LogP contribution is -2.12. The number of ether oxygens (including phenoxy) is 1. The van der Waals surface area contributed by atoms with E-state index in [9.17, 15) is 0 Å². The molecule has 0 fully saturated rings. The van der Waals surface area contributed by atoms with Crippen molar-refractivity contribution in [1.29, 1.82) is 0 Å². The highest BCUT2D eigenvalue weighted by atomic mass is 16.5. The number of nitrogen functional groups attached to an aromatic ring is 1. The molecule has 6 nitrogen and oxygen atoms in total. The van der Waals surface area contributed by atoms with Crippen molar-refractivity contribution in [2.45, 2.75) is 6.42 Å². The van der Waals surface area contributed by atoms with Gasteiger partial charge in [-0.3, -0.25) is 5.43 Å². The number of rotatable bonds is 6. The monoisotopic (exact) mass is 259 g/mol. The number of nitrogens with zero attached hydrogens (tertiary/aromatic N) is 2. The summed E-state index contributed by atoms with van der Waals surface area (Å²) in [5, 5.41) is 3.22. The Hall–Kier alpha value is -2.34. The van der Waals surface area contributed by atoms with Crippen LogP contribution in [0, 0.1) is 0 Å². The number of anilines is 2. The number of methoxy groups -OCH3 is 1. The molecule has 0 atom stereocenters. The first-order chi connectivity index (χ1) is 9.33. The number of hydrogen-bond acceptors (Lipinski definition) is 6. The van der Waals surface area contributed by atoms with Crippen molar-refractivity contribution in [1.82, 2.24) is 9.97 Å². The summed E-state index contributed by atoms with van der Waals surface area (Å²) >= 11 is 0. The molecule has 4 N–H and O–H groups in total. The molecule has 6 heteroatoms. The standard InChI is InChI=1S/C13H17N5O/c1-19-11-5-3-2-4-10(11)6-8-15-12-7-9-16-13(17-12)18-14/h2-5,7,9H,6,8,14H2,1H3,(H2,15,16,17,18). The average molecular weight is 259 g/mol. The number of hydrogen-bond donors (Lipinski definition) is 3. The van der Waals surface area contributed by atoms with Crippen LogP contribution in [0.3, 0.4) is 0 Å². The number of hydrazine groups is 1. The van der Waals surface area contributed by atoms with Crippen molar-refractivity contribution in [3.05, 3.63) is 42.1 Å². The van der Waals surface area contributed by atoms with Crippen LogP contribution in [0.4, 0.5) is 11.8 Å². The Morgan fingerprint density at radius 3 is 2.89 bits per heavy atom. The first kappa shape index (κ1) is 13.1. The van der Waals surface area contributed by atoms with E-state index in [1.54, 1.807) is 19.4 Å². The number of nitrogens with one attached hydrogen (secondary N) is 2. The Morgan fingerprint density at radius 2 is 2.11 bits per heavy atom. The van der Waals surface area contributed by atoms with Crippen LogP contribution in [0.5, 0.6) is 5.75 Å². The van der Waals surface area contributed by atoms with Gasteiger partial charge in [-0.15, -0.1) is 0 Å². The van der Waals surface area contributed by atoms with E-state index in [2.05, 4.69) is 20.7 Å². The summed E-state index contributed by atoms with van der Waals surface area (Å²) in [4.78, 5) is 8.12. The molecule has 100 valence electrons. The van der Waals surface area contributed by atoms with E-state index in [0.29, 0.717) is 5.95 Å². The maximum atomic E-state index is 5.30. The molecular weight excluding hydrogens is 242 g/mol. The summed E-state index contributed by atoms with van der Waals surface area (Å²) in [6.07, 6.45) is 2.49. The smallest absolute Gasteiger partial charge is 0.239 e. The summed E-state index contributed by atoms with van der Waals surface area (Å²) in [5.74, 6) is 7.28. The van der Waals surface area contributed by atoms with Gasteiger partial charge in [0.15, 0.2) is 0 Å². The van der Waals surface area contributed by atoms with Crippen LogP contribution in [0.25, 0.3) is 0 Å². The van der Waals surface area contributed by atoms with Gasteiger partial charge >= 0.3 is 0 Å². The van der Waals surface area contributed by atoms with Crippen molar-refractivity contribution >= 4 is 11.8 Å². The minimum absolute atomic E-state index is 0.391. The summed E-state index contributed by atoms with van der Waals surface area (Å²) in [6, 6.07) is 9.76. The van der Waals surface area contributed by atoms with Gasteiger partial charge in [0.1, 0.15) is 11.6 Å². The van der Waals surface area contributed by atoms with Crippen LogP contribution in [-0.4, -0.2) is 23.6 Å². The first-order valence-corrected chi connectivity index (χ1v) is 5.99. The molecule has 0 bridgehead atoms. The third kappa shape index (κ3) is 3.56. The van der Waals surface area contributed by atoms with Crippen molar-refractivity contribution in [3.63, 3.8) is 0 Å². The quantitative estimate of drug-likeness (QED) is 0.537. The van der Waals surface area contributed by atoms with Crippen molar-refractivity contribution in [2.75, 3.05) is 24.4 Å². The van der Waals surface area contributed by atoms with E-state index < -0.39 is 0 Å². The first-order valence-electron chi connectivity index (χ1n) is 5.99. The fraction of sp³-hybridized carbons (Fsp3) is 0.231. The molecule has 0 spiro atoms. The Kier molecular flexibility index (Phi) is 4.52. The van der Waals surface area contributed by atoms with E-state index in [4.69, 9.17) is 10.6 Å². The van der Waals surface area contributed by atoms with Gasteiger partial charge in [-0.2, -0.15) is 4.98 Å². The topological polar surface area (TPSA) is 85.1 Å². The van der Waals surface area contributed by atoms with E-state index in [1.807, 2.05) is 24.3 Å². The summed E-state index contributed by atoms with van der Waals surface area (Å²) in [7, 11) is 1.68. The molecule has 1 heterocycles. The largest absolute Gasteiger partial charge is 0.496 e. The summed E-state index contributed by atoms with van der Waals surface area (Å²) in [6.45, 7) is 0.751. The average Bonchev–Trinajstić information content (AvgIpc) is 2.48. The predicted molar refractivity (Wildman–Crippen MR) is 75.0 cm³/mol. The van der Waals surface area contributed by atoms with Gasteiger partial charge in [-0.1, -0.05) is 18.2 Å². The zero-order valence-corrected chi connectivity index (χ0v) is 10.8. The van der Waals surface area contributed by atoms with Crippen LogP contribution in [0.15, 0.2) is 36.5 Å². The minimum Gasteiger partial charge on any atom is -0.496 e. The third-order valence-corrected chi connectivity index (χ3v) is 2.68. The maximum absolute atomic E-state index is 5.30. The minimum atomic E-state index is 0.391. The lowest BCUT2D eigenvalue weighted by Gasteiger charge is -2.09. The third-order valence-electron chi connectivity index (χ3n) is 2.68. The summed E-state index contributed by atoms with van der Waals surface area (Å²) in [5.41, 5.74) is 3.57. The van der Waals surface area contributed by atoms with Crippen LogP contribution in [-0.2, 0) is 6.42 Å². The fourth-order valence-electron chi connectivity index (χ4n) is 1.76. The molecule has 1 aromatic carbocycles. The molecule has 0 radical (unpaired) electrons. The molecule has 1 aromatic heterocycles. The van der Waals surface area contributed by atoms with Gasteiger partial charge < -0.3 is 10.1 Å². The summed E-state index contributed by atoms with van der Waals surface area (Å²) < 4.78 is 5.30. The Bertz CT molecular complexity index is 532. The second-order valence-electron chi connectivity index (χ2n) is 3.90. The van der Waals surface area contributed by atoms with Crippen LogP contribution < -0.4 is 21.3 Å². The highest BCUT2D eigenvalue weighted by Crippen LogP contribution is 2.17. The molecule has 0 saturated heterocycles. The zero-order valence-electron chi connectivity index (χ0n) is 10.8. The molecule has 2 aromatic rings. The van der Waals surface area contributed by atoms with Gasteiger partial charge in [0.2, 0.25) is 5.95 Å². The van der Waals surface area contributed by atoms with Gasteiger partial charge in [-0.05, 0) is 24.1 Å². The molecule has 2 rings (SSSR count). The van der Waals surface area contributed by atoms with Gasteiger partial charge in [-0.25, -0.2) is 10.8 Å². The maximum Gasteiger partial charge on any atom is 0.239 e. The lowest BCUT2D eigenvalue weighted by atomic mass is 10.1. The Labute approximate surface area is 112 Å². The number of nitrogens with two attached hydrogens (primary N) is 1. The van der Waals surface area contributed by atoms with Crippen molar-refractivity contribution < 1.29 is 4.74 Å². The highest BCUT2D eigenvalue weighted by Gasteiger charge is 2.02. The van der Waals surface area contributed by atoms with Gasteiger partial charge in [0.05, 0.1) is 7.11 Å². The SMILES string of the molecule is COc1ccccc1CCNc1ccnc(NN)n1. The number of para-hydroxylation sites is 1. The molecule has 0 aliphatic carbocycles. The fourth-order valence-corrected chi connectivity index (χ4v) is 1.76. The van der Waals surface area contributed by atoms with Crippen LogP contribution >= 0.6 is 0 Å². The van der Waals surface area contributed by atoms with E-state index >= 15 is 0 Å². The predicted octanol–water partition coefficient (Wildman–Crippen LogP) is 1.43. The Morgan fingerprint density at radius 1 is 1.26 bits per heavy atom. The zero-order chi connectivity index (χ0) is 13.5. The van der Waals surface area contributed by atoms with Crippen molar-refractivity contribution in [3.8, 4) is 5.75 Å². The van der Waals surface area contributed by atoms with Crippen LogP contribution in [0.1, 0.15) is 5.56 Å². The molecule has 0 aliphatic heterocycles.